The quantitative estimate of drug-likeness (QED) is 0.389. The van der Waals surface area contributed by atoms with E-state index in [1.54, 1.807) is 30.1 Å². The molecule has 25 heavy (non-hydrogen) atoms. The van der Waals surface area contributed by atoms with Crippen LogP contribution in [0.2, 0.25) is 0 Å². The van der Waals surface area contributed by atoms with Crippen LogP contribution in [0.5, 0.6) is 0 Å². The minimum absolute atomic E-state index is 0.0141. The lowest BCUT2D eigenvalue weighted by atomic mass is 9.87. The molecule has 1 rings (SSSR count). The minimum atomic E-state index is -0.618. The fraction of sp³-hybridized carbons (Fsp3) is 0.600. The molecule has 0 saturated heterocycles. The van der Waals surface area contributed by atoms with Crippen LogP contribution in [-0.2, 0) is 0 Å². The SMILES string of the molecule is CCCCCCCC(Sc1ncccc1C#N)C(CC)C(C#N)C#N. The highest BCUT2D eigenvalue weighted by molar-refractivity contribution is 7.99. The number of nitrogens with zero attached hydrogens (tertiary/aromatic N) is 4. The van der Waals surface area contributed by atoms with Crippen LogP contribution >= 0.6 is 11.8 Å². The molecule has 0 amide bonds. The van der Waals surface area contributed by atoms with Crippen molar-refractivity contribution >= 4 is 11.8 Å². The Morgan fingerprint density at radius 2 is 1.80 bits per heavy atom. The van der Waals surface area contributed by atoms with Crippen LogP contribution in [0.4, 0.5) is 0 Å². The molecule has 0 N–H and O–H groups in total. The third kappa shape index (κ3) is 6.77. The molecular weight excluding hydrogens is 328 g/mol. The Morgan fingerprint density at radius 3 is 2.40 bits per heavy atom. The Balaban J connectivity index is 2.92. The number of pyridine rings is 1. The highest BCUT2D eigenvalue weighted by atomic mass is 32.2. The maximum absolute atomic E-state index is 9.34. The maximum Gasteiger partial charge on any atom is 0.137 e. The number of nitriles is 3. The second-order valence-electron chi connectivity index (χ2n) is 6.14. The van der Waals surface area contributed by atoms with Crippen LogP contribution in [0.15, 0.2) is 23.4 Å². The second-order valence-corrected chi connectivity index (χ2v) is 7.36. The van der Waals surface area contributed by atoms with Crippen LogP contribution in [0.1, 0.15) is 64.4 Å². The summed E-state index contributed by atoms with van der Waals surface area (Å²) < 4.78 is 0. The topological polar surface area (TPSA) is 84.3 Å². The zero-order valence-corrected chi connectivity index (χ0v) is 15.9. The van der Waals surface area contributed by atoms with Crippen molar-refractivity contribution in [1.82, 2.24) is 4.98 Å². The van der Waals surface area contributed by atoms with Crippen molar-refractivity contribution in [2.24, 2.45) is 11.8 Å². The largest absolute Gasteiger partial charge is 0.249 e. The normalized spacial score (nSPS) is 12.8. The molecule has 0 aliphatic heterocycles. The first-order valence-corrected chi connectivity index (χ1v) is 9.90. The van der Waals surface area contributed by atoms with Crippen LogP contribution in [0.3, 0.4) is 0 Å². The summed E-state index contributed by atoms with van der Waals surface area (Å²) in [6, 6.07) is 10.0. The standard InChI is InChI=1S/C20H26N4S/c1-3-5-6-7-8-11-19(18(4-2)17(14-22)15-23)25-20-16(13-21)10-9-12-24-20/h9-10,12,17-19H,3-8,11H2,1-2H3. The average Bonchev–Trinajstić information content (AvgIpc) is 2.65. The zero-order chi connectivity index (χ0) is 18.5. The molecule has 2 atom stereocenters. The molecule has 1 aromatic rings. The van der Waals surface area contributed by atoms with E-state index in [9.17, 15) is 15.8 Å². The van der Waals surface area contributed by atoms with Gasteiger partial charge in [-0.3, -0.25) is 0 Å². The number of hydrogen-bond acceptors (Lipinski definition) is 5. The second kappa shape index (κ2) is 12.3. The molecule has 1 aromatic heterocycles. The zero-order valence-electron chi connectivity index (χ0n) is 15.1. The molecule has 0 fully saturated rings. The number of rotatable bonds is 11. The van der Waals surface area contributed by atoms with Gasteiger partial charge in [-0.1, -0.05) is 46.0 Å². The molecule has 0 aliphatic carbocycles. The Hall–Kier alpha value is -2.03. The Bertz CT molecular complexity index is 624. The van der Waals surface area contributed by atoms with E-state index < -0.39 is 5.92 Å². The minimum Gasteiger partial charge on any atom is -0.249 e. The van der Waals surface area contributed by atoms with E-state index >= 15 is 0 Å². The summed E-state index contributed by atoms with van der Waals surface area (Å²) >= 11 is 1.56. The van der Waals surface area contributed by atoms with Crippen molar-refractivity contribution in [1.29, 1.82) is 15.8 Å². The summed E-state index contributed by atoms with van der Waals surface area (Å²) in [5.74, 6) is -0.632. The van der Waals surface area contributed by atoms with Crippen molar-refractivity contribution in [3.05, 3.63) is 23.9 Å². The molecular formula is C20H26N4S. The van der Waals surface area contributed by atoms with E-state index in [-0.39, 0.29) is 11.2 Å². The average molecular weight is 355 g/mol. The van der Waals surface area contributed by atoms with Gasteiger partial charge in [-0.25, -0.2) is 4.98 Å². The molecule has 0 radical (unpaired) electrons. The van der Waals surface area contributed by atoms with Crippen LogP contribution in [-0.4, -0.2) is 10.2 Å². The van der Waals surface area contributed by atoms with Gasteiger partial charge in [0.1, 0.15) is 17.0 Å². The molecule has 4 nitrogen and oxygen atoms in total. The summed E-state index contributed by atoms with van der Waals surface area (Å²) in [5.41, 5.74) is 0.559. The van der Waals surface area contributed by atoms with Gasteiger partial charge in [0, 0.05) is 11.4 Å². The fourth-order valence-electron chi connectivity index (χ4n) is 2.96. The van der Waals surface area contributed by atoms with Gasteiger partial charge in [0.15, 0.2) is 0 Å². The number of aromatic nitrogens is 1. The van der Waals surface area contributed by atoms with Crippen molar-refractivity contribution in [2.45, 2.75) is 69.1 Å². The lowest BCUT2D eigenvalue weighted by Crippen LogP contribution is -2.24. The summed E-state index contributed by atoms with van der Waals surface area (Å²) in [5, 5.41) is 28.8. The number of thioether (sulfide) groups is 1. The molecule has 5 heteroatoms. The van der Waals surface area contributed by atoms with Gasteiger partial charge >= 0.3 is 0 Å². The van der Waals surface area contributed by atoms with Crippen molar-refractivity contribution in [3.63, 3.8) is 0 Å². The van der Waals surface area contributed by atoms with E-state index in [1.807, 2.05) is 6.92 Å². The summed E-state index contributed by atoms with van der Waals surface area (Å²) in [6.45, 7) is 4.22. The highest BCUT2D eigenvalue weighted by Gasteiger charge is 2.29. The monoisotopic (exact) mass is 354 g/mol. The van der Waals surface area contributed by atoms with Crippen LogP contribution in [0, 0.1) is 45.8 Å². The van der Waals surface area contributed by atoms with Crippen molar-refractivity contribution < 1.29 is 0 Å². The van der Waals surface area contributed by atoms with Crippen molar-refractivity contribution in [2.75, 3.05) is 0 Å². The van der Waals surface area contributed by atoms with Gasteiger partial charge in [-0.05, 0) is 30.9 Å². The van der Waals surface area contributed by atoms with Gasteiger partial charge in [0.25, 0.3) is 0 Å². The first-order chi connectivity index (χ1) is 12.2. The Kier molecular flexibility index (Phi) is 10.4. The predicted molar refractivity (Wildman–Crippen MR) is 100 cm³/mol. The van der Waals surface area contributed by atoms with E-state index in [4.69, 9.17) is 0 Å². The Morgan fingerprint density at radius 1 is 1.08 bits per heavy atom. The summed E-state index contributed by atoms with van der Waals surface area (Å²) in [7, 11) is 0. The fourth-order valence-corrected chi connectivity index (χ4v) is 4.41. The summed E-state index contributed by atoms with van der Waals surface area (Å²) in [4.78, 5) is 4.35. The van der Waals surface area contributed by atoms with Crippen LogP contribution < -0.4 is 0 Å². The van der Waals surface area contributed by atoms with E-state index in [0.29, 0.717) is 10.6 Å². The van der Waals surface area contributed by atoms with E-state index in [1.165, 1.54) is 25.7 Å². The molecule has 0 aliphatic rings. The third-order valence-electron chi connectivity index (χ3n) is 4.40. The lowest BCUT2D eigenvalue weighted by molar-refractivity contribution is 0.409. The van der Waals surface area contributed by atoms with Gasteiger partial charge in [-0.15, -0.1) is 11.8 Å². The predicted octanol–water partition coefficient (Wildman–Crippen LogP) is 5.46. The third-order valence-corrected chi connectivity index (χ3v) is 5.84. The van der Waals surface area contributed by atoms with Crippen molar-refractivity contribution in [3.8, 4) is 18.2 Å². The van der Waals surface area contributed by atoms with E-state index in [0.717, 1.165) is 19.3 Å². The van der Waals surface area contributed by atoms with Gasteiger partial charge in [0.2, 0.25) is 0 Å². The highest BCUT2D eigenvalue weighted by Crippen LogP contribution is 2.37. The first-order valence-electron chi connectivity index (χ1n) is 9.02. The molecule has 0 aromatic carbocycles. The lowest BCUT2D eigenvalue weighted by Gasteiger charge is -2.26. The number of hydrogen-bond donors (Lipinski definition) is 0. The van der Waals surface area contributed by atoms with Gasteiger partial charge in [-0.2, -0.15) is 15.8 Å². The van der Waals surface area contributed by atoms with Gasteiger partial charge < -0.3 is 0 Å². The summed E-state index contributed by atoms with van der Waals surface area (Å²) in [6.07, 6.45) is 9.31. The molecule has 0 spiro atoms. The van der Waals surface area contributed by atoms with E-state index in [2.05, 4.69) is 30.1 Å². The maximum atomic E-state index is 9.34. The Labute approximate surface area is 155 Å². The van der Waals surface area contributed by atoms with Crippen LogP contribution in [0.25, 0.3) is 0 Å². The van der Waals surface area contributed by atoms with Gasteiger partial charge in [0.05, 0.1) is 17.7 Å². The first kappa shape index (κ1) is 21.0. The molecule has 132 valence electrons. The molecule has 0 bridgehead atoms. The molecule has 0 saturated carbocycles. The smallest absolute Gasteiger partial charge is 0.137 e. The number of unbranched alkanes of at least 4 members (excludes halogenated alkanes) is 4. The molecule has 1 heterocycles. The molecule has 2 unspecified atom stereocenters.